The van der Waals surface area contributed by atoms with Crippen molar-refractivity contribution < 1.29 is 19.9 Å². The molecule has 0 saturated carbocycles. The van der Waals surface area contributed by atoms with E-state index < -0.39 is 17.9 Å². The smallest absolute Gasteiger partial charge is 0.335 e. The summed E-state index contributed by atoms with van der Waals surface area (Å²) >= 11 is 0. The molecule has 92 valence electrons. The first kappa shape index (κ1) is 13.1. The SMILES string of the molecule is CC(NCc1cccc(C(=O)O)c1)C(=O)NO. The van der Waals surface area contributed by atoms with Crippen molar-refractivity contribution >= 4 is 11.9 Å². The quantitative estimate of drug-likeness (QED) is 0.439. The Morgan fingerprint density at radius 1 is 1.41 bits per heavy atom. The number of hydrogen-bond acceptors (Lipinski definition) is 4. The Kier molecular flexibility index (Phi) is 4.62. The molecule has 0 fully saturated rings. The van der Waals surface area contributed by atoms with E-state index in [-0.39, 0.29) is 5.56 Å². The van der Waals surface area contributed by atoms with Crippen molar-refractivity contribution in [2.24, 2.45) is 0 Å². The maximum absolute atomic E-state index is 11.0. The third kappa shape index (κ3) is 3.86. The molecule has 4 N–H and O–H groups in total. The summed E-state index contributed by atoms with van der Waals surface area (Å²) in [5, 5.41) is 20.0. The molecule has 17 heavy (non-hydrogen) atoms. The fraction of sp³-hybridized carbons (Fsp3) is 0.273. The molecule has 0 heterocycles. The van der Waals surface area contributed by atoms with Gasteiger partial charge in [-0.15, -0.1) is 0 Å². The van der Waals surface area contributed by atoms with Gasteiger partial charge in [-0.05, 0) is 24.6 Å². The Morgan fingerprint density at radius 3 is 2.71 bits per heavy atom. The van der Waals surface area contributed by atoms with Crippen molar-refractivity contribution in [1.82, 2.24) is 10.8 Å². The Balaban J connectivity index is 2.60. The van der Waals surface area contributed by atoms with E-state index in [1.807, 2.05) is 0 Å². The zero-order chi connectivity index (χ0) is 12.8. The Morgan fingerprint density at radius 2 is 2.12 bits per heavy atom. The second-order valence-corrected chi connectivity index (χ2v) is 3.58. The second-order valence-electron chi connectivity index (χ2n) is 3.58. The van der Waals surface area contributed by atoms with Gasteiger partial charge in [0.1, 0.15) is 0 Å². The summed E-state index contributed by atoms with van der Waals surface area (Å²) < 4.78 is 0. The maximum Gasteiger partial charge on any atom is 0.335 e. The molecule has 0 aliphatic heterocycles. The highest BCUT2D eigenvalue weighted by atomic mass is 16.5. The van der Waals surface area contributed by atoms with Crippen molar-refractivity contribution in [3.05, 3.63) is 35.4 Å². The van der Waals surface area contributed by atoms with Crippen LogP contribution < -0.4 is 10.8 Å². The lowest BCUT2D eigenvalue weighted by Gasteiger charge is -2.11. The van der Waals surface area contributed by atoms with Crippen molar-refractivity contribution in [2.45, 2.75) is 19.5 Å². The van der Waals surface area contributed by atoms with Crippen molar-refractivity contribution in [2.75, 3.05) is 0 Å². The molecule has 1 unspecified atom stereocenters. The van der Waals surface area contributed by atoms with E-state index in [1.165, 1.54) is 17.6 Å². The largest absolute Gasteiger partial charge is 0.478 e. The van der Waals surface area contributed by atoms with Gasteiger partial charge in [0.05, 0.1) is 11.6 Å². The third-order valence-corrected chi connectivity index (χ3v) is 2.29. The highest BCUT2D eigenvalue weighted by molar-refractivity contribution is 5.87. The zero-order valence-electron chi connectivity index (χ0n) is 9.30. The number of amides is 1. The molecule has 1 atom stereocenters. The third-order valence-electron chi connectivity index (χ3n) is 2.29. The van der Waals surface area contributed by atoms with Gasteiger partial charge in [0, 0.05) is 6.54 Å². The van der Waals surface area contributed by atoms with Crippen LogP contribution in [0.5, 0.6) is 0 Å². The van der Waals surface area contributed by atoms with Gasteiger partial charge in [0.15, 0.2) is 0 Å². The summed E-state index contributed by atoms with van der Waals surface area (Å²) in [4.78, 5) is 21.7. The molecule has 0 saturated heterocycles. The van der Waals surface area contributed by atoms with E-state index in [2.05, 4.69) is 5.32 Å². The molecule has 1 rings (SSSR count). The number of rotatable bonds is 5. The van der Waals surface area contributed by atoms with Crippen molar-refractivity contribution in [3.63, 3.8) is 0 Å². The highest BCUT2D eigenvalue weighted by Gasteiger charge is 2.11. The first-order chi connectivity index (χ1) is 8.04. The minimum Gasteiger partial charge on any atom is -0.478 e. The first-order valence-electron chi connectivity index (χ1n) is 5.04. The van der Waals surface area contributed by atoms with Gasteiger partial charge in [-0.1, -0.05) is 12.1 Å². The lowest BCUT2D eigenvalue weighted by molar-refractivity contribution is -0.131. The van der Waals surface area contributed by atoms with E-state index in [0.717, 1.165) is 5.56 Å². The van der Waals surface area contributed by atoms with Crippen LogP contribution in [-0.2, 0) is 11.3 Å². The molecule has 0 aliphatic rings. The van der Waals surface area contributed by atoms with Crippen LogP contribution in [0.25, 0.3) is 0 Å². The van der Waals surface area contributed by atoms with Crippen LogP contribution in [0, 0.1) is 0 Å². The normalized spacial score (nSPS) is 11.9. The zero-order valence-corrected chi connectivity index (χ0v) is 9.30. The number of hydroxylamine groups is 1. The first-order valence-corrected chi connectivity index (χ1v) is 5.04. The summed E-state index contributed by atoms with van der Waals surface area (Å²) in [6.45, 7) is 1.93. The number of carboxylic acids is 1. The lowest BCUT2D eigenvalue weighted by atomic mass is 10.1. The van der Waals surface area contributed by atoms with E-state index in [1.54, 1.807) is 19.1 Å². The average molecular weight is 238 g/mol. The van der Waals surface area contributed by atoms with Crippen LogP contribution in [0.3, 0.4) is 0 Å². The monoisotopic (exact) mass is 238 g/mol. The van der Waals surface area contributed by atoms with Crippen LogP contribution in [0.15, 0.2) is 24.3 Å². The molecule has 1 aromatic rings. The van der Waals surface area contributed by atoms with Gasteiger partial charge >= 0.3 is 5.97 Å². The molecule has 6 heteroatoms. The van der Waals surface area contributed by atoms with Crippen molar-refractivity contribution in [3.8, 4) is 0 Å². The van der Waals surface area contributed by atoms with Crippen LogP contribution >= 0.6 is 0 Å². The molecule has 0 bridgehead atoms. The second kappa shape index (κ2) is 5.97. The summed E-state index contributed by atoms with van der Waals surface area (Å²) in [5.41, 5.74) is 2.49. The molecule has 0 spiro atoms. The van der Waals surface area contributed by atoms with Gasteiger partial charge < -0.3 is 10.4 Å². The molecular weight excluding hydrogens is 224 g/mol. The van der Waals surface area contributed by atoms with Gasteiger partial charge in [-0.3, -0.25) is 10.0 Å². The van der Waals surface area contributed by atoms with Gasteiger partial charge in [0.2, 0.25) is 0 Å². The topological polar surface area (TPSA) is 98.7 Å². The highest BCUT2D eigenvalue weighted by Crippen LogP contribution is 2.05. The average Bonchev–Trinajstić information content (AvgIpc) is 2.35. The summed E-state index contributed by atoms with van der Waals surface area (Å²) in [5.74, 6) is -1.53. The molecule has 6 nitrogen and oxygen atoms in total. The van der Waals surface area contributed by atoms with Crippen molar-refractivity contribution in [1.29, 1.82) is 0 Å². The number of aromatic carboxylic acids is 1. The molecule has 1 amide bonds. The summed E-state index contributed by atoms with van der Waals surface area (Å²) in [6.07, 6.45) is 0. The molecule has 0 aliphatic carbocycles. The van der Waals surface area contributed by atoms with Gasteiger partial charge in [-0.2, -0.15) is 0 Å². The number of benzene rings is 1. The Hall–Kier alpha value is -1.92. The van der Waals surface area contributed by atoms with Gasteiger partial charge in [-0.25, -0.2) is 10.3 Å². The molecule has 0 radical (unpaired) electrons. The molecule has 1 aromatic carbocycles. The van der Waals surface area contributed by atoms with E-state index in [0.29, 0.717) is 6.54 Å². The predicted octanol–water partition coefficient (Wildman–Crippen LogP) is 0.368. The number of carboxylic acid groups (broad SMARTS) is 1. The summed E-state index contributed by atoms with van der Waals surface area (Å²) in [7, 11) is 0. The van der Waals surface area contributed by atoms with E-state index in [4.69, 9.17) is 10.3 Å². The Labute approximate surface area is 98.2 Å². The van der Waals surface area contributed by atoms with Gasteiger partial charge in [0.25, 0.3) is 5.91 Å². The van der Waals surface area contributed by atoms with E-state index >= 15 is 0 Å². The number of carbonyl (C=O) groups excluding carboxylic acids is 1. The predicted molar refractivity (Wildman–Crippen MR) is 59.6 cm³/mol. The lowest BCUT2D eigenvalue weighted by Crippen LogP contribution is -2.40. The van der Waals surface area contributed by atoms with Crippen LogP contribution in [-0.4, -0.2) is 28.2 Å². The minimum absolute atomic E-state index is 0.198. The standard InChI is InChI=1S/C11H14N2O4/c1-7(10(14)13-17)12-6-8-3-2-4-9(5-8)11(15)16/h2-5,7,12,17H,6H2,1H3,(H,13,14)(H,15,16). The van der Waals surface area contributed by atoms with Crippen LogP contribution in [0.1, 0.15) is 22.8 Å². The van der Waals surface area contributed by atoms with Crippen LogP contribution in [0.4, 0.5) is 0 Å². The molecular formula is C11H14N2O4. The number of carbonyl (C=O) groups is 2. The molecule has 0 aromatic heterocycles. The fourth-order valence-corrected chi connectivity index (χ4v) is 1.27. The maximum atomic E-state index is 11.0. The number of nitrogens with one attached hydrogen (secondary N) is 2. The van der Waals surface area contributed by atoms with Crippen LogP contribution in [0.2, 0.25) is 0 Å². The minimum atomic E-state index is -0.993. The summed E-state index contributed by atoms with van der Waals surface area (Å²) in [6, 6.07) is 5.85. The fourth-order valence-electron chi connectivity index (χ4n) is 1.27. The Bertz CT molecular complexity index is 420. The van der Waals surface area contributed by atoms with E-state index in [9.17, 15) is 9.59 Å². The number of hydrogen-bond donors (Lipinski definition) is 4.